The molecule has 1 aliphatic heterocycles. The molecule has 1 N–H and O–H groups in total. The summed E-state index contributed by atoms with van der Waals surface area (Å²) < 4.78 is 16.6. The number of para-hydroxylation sites is 1. The number of anilines is 1. The highest BCUT2D eigenvalue weighted by molar-refractivity contribution is 8.00. The summed E-state index contributed by atoms with van der Waals surface area (Å²) in [7, 11) is 0. The number of rotatable bonds is 5. The second kappa shape index (κ2) is 8.31. The minimum absolute atomic E-state index is 0.135. The molecule has 156 valence electrons. The number of hydrogen-bond acceptors (Lipinski definition) is 7. The van der Waals surface area contributed by atoms with Gasteiger partial charge in [0.25, 0.3) is 0 Å². The summed E-state index contributed by atoms with van der Waals surface area (Å²) in [6.07, 6.45) is 1.59. The highest BCUT2D eigenvalue weighted by atomic mass is 32.2. The Morgan fingerprint density at radius 3 is 2.71 bits per heavy atom. The van der Waals surface area contributed by atoms with E-state index in [1.807, 2.05) is 37.3 Å². The number of aromatic nitrogens is 2. The molecule has 0 aliphatic carbocycles. The molecule has 3 heterocycles. The lowest BCUT2D eigenvalue weighted by Gasteiger charge is -2.19. The monoisotopic (exact) mass is 433 g/mol. The second-order valence-electron chi connectivity index (χ2n) is 6.95. The van der Waals surface area contributed by atoms with Gasteiger partial charge in [-0.25, -0.2) is 9.97 Å². The lowest BCUT2D eigenvalue weighted by atomic mass is 10.2. The van der Waals surface area contributed by atoms with Crippen LogP contribution in [0, 0.1) is 0 Å². The molecule has 0 saturated heterocycles. The van der Waals surface area contributed by atoms with E-state index in [-0.39, 0.29) is 5.91 Å². The third-order valence-electron chi connectivity index (χ3n) is 4.78. The van der Waals surface area contributed by atoms with E-state index >= 15 is 0 Å². The maximum Gasteiger partial charge on any atom is 0.237 e. The molecular weight excluding hydrogens is 414 g/mol. The number of furan rings is 1. The van der Waals surface area contributed by atoms with Crippen molar-refractivity contribution in [2.75, 3.05) is 18.5 Å². The first kappa shape index (κ1) is 19.4. The Balaban J connectivity index is 1.38. The maximum atomic E-state index is 12.9. The molecule has 0 unspecified atom stereocenters. The summed E-state index contributed by atoms with van der Waals surface area (Å²) in [6, 6.07) is 16.7. The highest BCUT2D eigenvalue weighted by Gasteiger charge is 2.20. The van der Waals surface area contributed by atoms with E-state index in [1.54, 1.807) is 30.5 Å². The van der Waals surface area contributed by atoms with E-state index < -0.39 is 5.25 Å². The largest absolute Gasteiger partial charge is 0.486 e. The van der Waals surface area contributed by atoms with Crippen molar-refractivity contribution in [1.82, 2.24) is 9.97 Å². The third kappa shape index (κ3) is 4.06. The number of nitrogens with zero attached hydrogens (tertiary/aromatic N) is 2. The number of carbonyl (C=O) groups is 1. The average molecular weight is 433 g/mol. The van der Waals surface area contributed by atoms with Gasteiger partial charge in [0.1, 0.15) is 18.2 Å². The number of benzene rings is 2. The number of hydrogen-bond donors (Lipinski definition) is 1. The zero-order chi connectivity index (χ0) is 21.2. The lowest BCUT2D eigenvalue weighted by Crippen LogP contribution is -2.23. The lowest BCUT2D eigenvalue weighted by molar-refractivity contribution is -0.115. The molecule has 0 bridgehead atoms. The van der Waals surface area contributed by atoms with Gasteiger partial charge in [0.05, 0.1) is 17.0 Å². The van der Waals surface area contributed by atoms with E-state index in [2.05, 4.69) is 15.3 Å². The number of amides is 1. The fourth-order valence-corrected chi connectivity index (χ4v) is 4.18. The summed E-state index contributed by atoms with van der Waals surface area (Å²) in [5.41, 5.74) is 1.45. The predicted octanol–water partition coefficient (Wildman–Crippen LogP) is 4.78. The summed E-state index contributed by atoms with van der Waals surface area (Å²) in [5.74, 6) is 2.26. The molecule has 0 fully saturated rings. The van der Waals surface area contributed by atoms with Gasteiger partial charge in [-0.2, -0.15) is 0 Å². The number of fused-ring (bicyclic) bond motifs is 2. The Morgan fingerprint density at radius 1 is 1.03 bits per heavy atom. The molecule has 1 amide bonds. The van der Waals surface area contributed by atoms with Crippen molar-refractivity contribution in [3.8, 4) is 23.1 Å². The van der Waals surface area contributed by atoms with Crippen LogP contribution in [0.25, 0.3) is 22.5 Å². The fraction of sp³-hybridized carbons (Fsp3) is 0.174. The van der Waals surface area contributed by atoms with Crippen LogP contribution in [-0.4, -0.2) is 34.3 Å². The van der Waals surface area contributed by atoms with E-state index in [4.69, 9.17) is 13.9 Å². The number of carbonyl (C=O) groups excluding carboxylic acids is 1. The van der Waals surface area contributed by atoms with Crippen LogP contribution in [0.5, 0.6) is 11.5 Å². The van der Waals surface area contributed by atoms with Crippen LogP contribution in [0.4, 0.5) is 5.69 Å². The van der Waals surface area contributed by atoms with Gasteiger partial charge in [-0.15, -0.1) is 0 Å². The van der Waals surface area contributed by atoms with Crippen molar-refractivity contribution in [3.63, 3.8) is 0 Å². The minimum Gasteiger partial charge on any atom is -0.486 e. The van der Waals surface area contributed by atoms with E-state index in [0.717, 1.165) is 15.9 Å². The van der Waals surface area contributed by atoms with Crippen molar-refractivity contribution in [2.24, 2.45) is 0 Å². The van der Waals surface area contributed by atoms with Gasteiger partial charge in [-0.1, -0.05) is 30.0 Å². The summed E-state index contributed by atoms with van der Waals surface area (Å²) >= 11 is 1.38. The van der Waals surface area contributed by atoms with Gasteiger partial charge in [-0.05, 0) is 37.3 Å². The van der Waals surface area contributed by atoms with Crippen LogP contribution in [0.2, 0.25) is 0 Å². The topological polar surface area (TPSA) is 86.5 Å². The van der Waals surface area contributed by atoms with Crippen LogP contribution < -0.4 is 14.8 Å². The molecule has 0 saturated carbocycles. The van der Waals surface area contributed by atoms with Gasteiger partial charge >= 0.3 is 0 Å². The SMILES string of the molecule is C[C@H](Sc1nc(-c2ccco2)nc2ccccc12)C(=O)Nc1ccc2c(c1)OCCO2. The third-order valence-corrected chi connectivity index (χ3v) is 5.88. The number of thioether (sulfide) groups is 1. The summed E-state index contributed by atoms with van der Waals surface area (Å²) in [6.45, 7) is 2.87. The van der Waals surface area contributed by atoms with E-state index in [1.165, 1.54) is 11.8 Å². The minimum atomic E-state index is -0.393. The molecule has 0 spiro atoms. The maximum absolute atomic E-state index is 12.9. The standard InChI is InChI=1S/C23H19N3O4S/c1-14(22(27)24-15-8-9-18-20(13-15)30-12-11-29-18)31-23-16-5-2-3-6-17(16)25-21(26-23)19-7-4-10-28-19/h2-10,13-14H,11-12H2,1H3,(H,24,27)/t14-/m0/s1. The normalized spacial score (nSPS) is 13.7. The van der Waals surface area contributed by atoms with Gasteiger partial charge in [-0.3, -0.25) is 4.79 Å². The first-order valence-electron chi connectivity index (χ1n) is 9.85. The van der Waals surface area contributed by atoms with Gasteiger partial charge in [0.2, 0.25) is 5.91 Å². The van der Waals surface area contributed by atoms with Crippen LogP contribution in [0.3, 0.4) is 0 Å². The van der Waals surface area contributed by atoms with Crippen LogP contribution in [0.15, 0.2) is 70.3 Å². The van der Waals surface area contributed by atoms with Gasteiger partial charge < -0.3 is 19.2 Å². The van der Waals surface area contributed by atoms with Crippen molar-refractivity contribution in [2.45, 2.75) is 17.2 Å². The predicted molar refractivity (Wildman–Crippen MR) is 119 cm³/mol. The first-order chi connectivity index (χ1) is 15.2. The molecule has 2 aromatic carbocycles. The van der Waals surface area contributed by atoms with Gasteiger partial charge in [0.15, 0.2) is 23.1 Å². The van der Waals surface area contributed by atoms with E-state index in [0.29, 0.717) is 42.0 Å². The van der Waals surface area contributed by atoms with E-state index in [9.17, 15) is 4.79 Å². The number of ether oxygens (including phenoxy) is 2. The van der Waals surface area contributed by atoms with Gasteiger partial charge in [0, 0.05) is 17.1 Å². The van der Waals surface area contributed by atoms with Crippen molar-refractivity contribution in [1.29, 1.82) is 0 Å². The van der Waals surface area contributed by atoms with Crippen LogP contribution in [-0.2, 0) is 4.79 Å². The molecule has 1 aliphatic rings. The molecule has 0 radical (unpaired) electrons. The Morgan fingerprint density at radius 2 is 1.87 bits per heavy atom. The first-order valence-corrected chi connectivity index (χ1v) is 10.7. The van der Waals surface area contributed by atoms with Crippen molar-refractivity contribution >= 4 is 34.3 Å². The summed E-state index contributed by atoms with van der Waals surface area (Å²) in [5, 5.41) is 4.17. The molecule has 31 heavy (non-hydrogen) atoms. The van der Waals surface area contributed by atoms with Crippen molar-refractivity contribution < 1.29 is 18.7 Å². The molecular formula is C23H19N3O4S. The Labute approximate surface area is 182 Å². The second-order valence-corrected chi connectivity index (χ2v) is 8.28. The van der Waals surface area contributed by atoms with Crippen LogP contribution >= 0.6 is 11.8 Å². The van der Waals surface area contributed by atoms with Crippen molar-refractivity contribution in [3.05, 3.63) is 60.9 Å². The Kier molecular flexibility index (Phi) is 5.21. The molecule has 4 aromatic rings. The number of nitrogens with one attached hydrogen (secondary N) is 1. The zero-order valence-corrected chi connectivity index (χ0v) is 17.5. The smallest absolute Gasteiger partial charge is 0.237 e. The molecule has 2 aromatic heterocycles. The Bertz CT molecular complexity index is 1240. The highest BCUT2D eigenvalue weighted by Crippen LogP contribution is 2.34. The Hall–Kier alpha value is -3.52. The molecule has 8 heteroatoms. The quantitative estimate of drug-likeness (QED) is 0.358. The zero-order valence-electron chi connectivity index (χ0n) is 16.7. The summed E-state index contributed by atoms with van der Waals surface area (Å²) in [4.78, 5) is 22.1. The molecule has 7 nitrogen and oxygen atoms in total. The average Bonchev–Trinajstić information content (AvgIpc) is 3.34. The fourth-order valence-electron chi connectivity index (χ4n) is 3.24. The van der Waals surface area contributed by atoms with Crippen LogP contribution in [0.1, 0.15) is 6.92 Å². The molecule has 1 atom stereocenters. The molecule has 5 rings (SSSR count).